The van der Waals surface area contributed by atoms with Crippen LogP contribution in [0, 0.1) is 0 Å². The third-order valence-corrected chi connectivity index (χ3v) is 2.36. The topological polar surface area (TPSA) is 27.6 Å². The van der Waals surface area contributed by atoms with Crippen molar-refractivity contribution in [2.24, 2.45) is 4.99 Å². The Hall–Kier alpha value is -0.410. The lowest BCUT2D eigenvalue weighted by molar-refractivity contribution is 0.200. The van der Waals surface area contributed by atoms with E-state index in [2.05, 4.69) is 36.0 Å². The molecule has 1 saturated heterocycles. The molecule has 0 aliphatic carbocycles. The molecule has 1 atom stereocenters. The van der Waals surface area contributed by atoms with E-state index in [-0.39, 0.29) is 0 Å². The number of aliphatic imine (C=N–C) groups is 1. The van der Waals surface area contributed by atoms with Crippen molar-refractivity contribution in [3.8, 4) is 0 Å². The third kappa shape index (κ3) is 3.87. The molecule has 1 rings (SSSR count). The van der Waals surface area contributed by atoms with Gasteiger partial charge in [-0.05, 0) is 20.8 Å². The Morgan fingerprint density at radius 2 is 2.38 bits per heavy atom. The molecule has 0 amide bonds. The van der Waals surface area contributed by atoms with E-state index in [0.29, 0.717) is 12.1 Å². The van der Waals surface area contributed by atoms with Crippen LogP contribution in [0.15, 0.2) is 4.99 Å². The van der Waals surface area contributed by atoms with Gasteiger partial charge in [-0.1, -0.05) is 0 Å². The van der Waals surface area contributed by atoms with Gasteiger partial charge in [0.15, 0.2) is 0 Å². The molecule has 3 heteroatoms. The average molecular weight is 183 g/mol. The fourth-order valence-corrected chi connectivity index (χ4v) is 1.52. The molecule has 0 spiro atoms. The summed E-state index contributed by atoms with van der Waals surface area (Å²) in [6.45, 7) is 10.8. The van der Waals surface area contributed by atoms with Crippen molar-refractivity contribution in [3.05, 3.63) is 0 Å². The van der Waals surface area contributed by atoms with Gasteiger partial charge in [0, 0.05) is 44.5 Å². The second kappa shape index (κ2) is 5.35. The fraction of sp³-hybridized carbons (Fsp3) is 0.900. The lowest BCUT2D eigenvalue weighted by Gasteiger charge is -2.32. The molecule has 1 heterocycles. The zero-order valence-corrected chi connectivity index (χ0v) is 8.95. The van der Waals surface area contributed by atoms with Gasteiger partial charge in [0.1, 0.15) is 0 Å². The van der Waals surface area contributed by atoms with E-state index in [0.717, 1.165) is 26.2 Å². The molecule has 0 saturated carbocycles. The normalized spacial score (nSPS) is 26.0. The Kier molecular flexibility index (Phi) is 4.39. The van der Waals surface area contributed by atoms with Crippen LogP contribution in [0.2, 0.25) is 0 Å². The van der Waals surface area contributed by atoms with Crippen molar-refractivity contribution in [2.45, 2.75) is 32.9 Å². The molecule has 1 fully saturated rings. The van der Waals surface area contributed by atoms with Gasteiger partial charge < -0.3 is 5.32 Å². The van der Waals surface area contributed by atoms with E-state index in [9.17, 15) is 0 Å². The van der Waals surface area contributed by atoms with Crippen molar-refractivity contribution in [2.75, 3.05) is 26.2 Å². The zero-order chi connectivity index (χ0) is 9.68. The first-order valence-electron chi connectivity index (χ1n) is 5.16. The Balaban J connectivity index is 2.26. The molecular weight excluding hydrogens is 162 g/mol. The Morgan fingerprint density at radius 3 is 3.00 bits per heavy atom. The fourth-order valence-electron chi connectivity index (χ4n) is 1.52. The van der Waals surface area contributed by atoms with Crippen LogP contribution in [-0.2, 0) is 0 Å². The third-order valence-electron chi connectivity index (χ3n) is 2.36. The van der Waals surface area contributed by atoms with Crippen molar-refractivity contribution in [3.63, 3.8) is 0 Å². The summed E-state index contributed by atoms with van der Waals surface area (Å²) < 4.78 is 0. The minimum absolute atomic E-state index is 0.429. The first-order chi connectivity index (χ1) is 6.20. The van der Waals surface area contributed by atoms with Crippen LogP contribution in [0.3, 0.4) is 0 Å². The van der Waals surface area contributed by atoms with Crippen LogP contribution >= 0.6 is 0 Å². The summed E-state index contributed by atoms with van der Waals surface area (Å²) in [7, 11) is 0. The lowest BCUT2D eigenvalue weighted by Crippen LogP contribution is -2.50. The molecule has 13 heavy (non-hydrogen) atoms. The number of piperazine rings is 1. The number of nitrogens with zero attached hydrogens (tertiary/aromatic N) is 2. The summed E-state index contributed by atoms with van der Waals surface area (Å²) in [5.74, 6) is 0. The first kappa shape index (κ1) is 10.7. The summed E-state index contributed by atoms with van der Waals surface area (Å²) in [6.07, 6.45) is 2.05. The van der Waals surface area contributed by atoms with Crippen LogP contribution in [0.25, 0.3) is 0 Å². The summed E-state index contributed by atoms with van der Waals surface area (Å²) in [5, 5.41) is 3.38. The van der Waals surface area contributed by atoms with Gasteiger partial charge in [0.25, 0.3) is 0 Å². The summed E-state index contributed by atoms with van der Waals surface area (Å²) >= 11 is 0. The quantitative estimate of drug-likeness (QED) is 0.654. The predicted octanol–water partition coefficient (Wildman–Crippen LogP) is 0.759. The molecule has 1 aliphatic rings. The minimum atomic E-state index is 0.429. The van der Waals surface area contributed by atoms with Crippen LogP contribution in [-0.4, -0.2) is 49.4 Å². The minimum Gasteiger partial charge on any atom is -0.314 e. The molecule has 3 nitrogen and oxygen atoms in total. The number of hydrogen-bond acceptors (Lipinski definition) is 3. The Morgan fingerprint density at radius 1 is 1.62 bits per heavy atom. The van der Waals surface area contributed by atoms with Gasteiger partial charge in [-0.3, -0.25) is 9.89 Å². The summed E-state index contributed by atoms with van der Waals surface area (Å²) in [6, 6.07) is 1.07. The van der Waals surface area contributed by atoms with Crippen LogP contribution in [0.5, 0.6) is 0 Å². The van der Waals surface area contributed by atoms with E-state index < -0.39 is 0 Å². The smallest absolute Gasteiger partial charge is 0.0439 e. The maximum Gasteiger partial charge on any atom is 0.0439 e. The van der Waals surface area contributed by atoms with E-state index in [1.54, 1.807) is 0 Å². The van der Waals surface area contributed by atoms with Crippen molar-refractivity contribution in [1.82, 2.24) is 10.2 Å². The maximum atomic E-state index is 4.37. The second-order valence-corrected chi connectivity index (χ2v) is 3.97. The van der Waals surface area contributed by atoms with Crippen LogP contribution in [0.1, 0.15) is 20.8 Å². The molecule has 1 N–H and O–H groups in total. The molecule has 0 bridgehead atoms. The number of nitrogens with one attached hydrogen (secondary N) is 1. The molecule has 1 unspecified atom stereocenters. The van der Waals surface area contributed by atoms with Crippen molar-refractivity contribution >= 4 is 6.21 Å². The highest BCUT2D eigenvalue weighted by molar-refractivity contribution is 5.59. The highest BCUT2D eigenvalue weighted by Gasteiger charge is 2.15. The van der Waals surface area contributed by atoms with Gasteiger partial charge >= 0.3 is 0 Å². The average Bonchev–Trinajstić information content (AvgIpc) is 2.08. The largest absolute Gasteiger partial charge is 0.314 e. The van der Waals surface area contributed by atoms with E-state index in [4.69, 9.17) is 0 Å². The monoisotopic (exact) mass is 183 g/mol. The SMILES string of the molecule is CC(C)N=CCN1CCNCC1C. The highest BCUT2D eigenvalue weighted by Crippen LogP contribution is 2.00. The lowest BCUT2D eigenvalue weighted by atomic mass is 10.2. The molecule has 0 radical (unpaired) electrons. The van der Waals surface area contributed by atoms with Gasteiger partial charge in [0.05, 0.1) is 0 Å². The van der Waals surface area contributed by atoms with Gasteiger partial charge in [-0.25, -0.2) is 0 Å². The molecule has 0 aromatic heterocycles. The molecule has 1 aliphatic heterocycles. The Bertz CT molecular complexity index is 166. The standard InChI is InChI=1S/C10H21N3/c1-9(2)12-5-7-13-6-4-11-8-10(13)3/h5,9-11H,4,6-8H2,1-3H3. The van der Waals surface area contributed by atoms with E-state index in [1.807, 2.05) is 6.21 Å². The predicted molar refractivity (Wildman–Crippen MR) is 57.5 cm³/mol. The van der Waals surface area contributed by atoms with Crippen LogP contribution < -0.4 is 5.32 Å². The van der Waals surface area contributed by atoms with E-state index >= 15 is 0 Å². The van der Waals surface area contributed by atoms with Crippen molar-refractivity contribution in [1.29, 1.82) is 0 Å². The number of hydrogen-bond donors (Lipinski definition) is 1. The van der Waals surface area contributed by atoms with E-state index in [1.165, 1.54) is 0 Å². The van der Waals surface area contributed by atoms with Gasteiger partial charge in [0.2, 0.25) is 0 Å². The molecule has 76 valence electrons. The van der Waals surface area contributed by atoms with Gasteiger partial charge in [-0.15, -0.1) is 0 Å². The van der Waals surface area contributed by atoms with Gasteiger partial charge in [-0.2, -0.15) is 0 Å². The van der Waals surface area contributed by atoms with Crippen molar-refractivity contribution < 1.29 is 0 Å². The molecule has 0 aromatic rings. The first-order valence-corrected chi connectivity index (χ1v) is 5.16. The maximum absolute atomic E-state index is 4.37. The molecule has 0 aromatic carbocycles. The Labute approximate surface area is 81.2 Å². The number of rotatable bonds is 3. The molecular formula is C10H21N3. The summed E-state index contributed by atoms with van der Waals surface area (Å²) in [5.41, 5.74) is 0. The van der Waals surface area contributed by atoms with Crippen LogP contribution in [0.4, 0.5) is 0 Å². The summed E-state index contributed by atoms with van der Waals surface area (Å²) in [4.78, 5) is 6.83. The zero-order valence-electron chi connectivity index (χ0n) is 8.95. The second-order valence-electron chi connectivity index (χ2n) is 3.97. The highest BCUT2D eigenvalue weighted by atomic mass is 15.2.